The summed E-state index contributed by atoms with van der Waals surface area (Å²) in [5.41, 5.74) is 6.08. The van der Waals surface area contributed by atoms with Crippen molar-refractivity contribution in [3.63, 3.8) is 0 Å². The monoisotopic (exact) mass is 269 g/mol. The van der Waals surface area contributed by atoms with Crippen LogP contribution in [-0.2, 0) is 0 Å². The first-order valence-corrected chi connectivity index (χ1v) is 8.63. The van der Waals surface area contributed by atoms with Gasteiger partial charge in [-0.2, -0.15) is 0 Å². The van der Waals surface area contributed by atoms with E-state index >= 15 is 0 Å². The molecule has 0 amide bonds. The second-order valence-electron chi connectivity index (χ2n) is 6.55. The summed E-state index contributed by atoms with van der Waals surface area (Å²) in [4.78, 5) is 0. The minimum Gasteiger partial charge on any atom is -0.393 e. The summed E-state index contributed by atoms with van der Waals surface area (Å²) in [6.45, 7) is 2.91. The third-order valence-electron chi connectivity index (χ3n) is 5.04. The van der Waals surface area contributed by atoms with Crippen LogP contribution in [-0.4, -0.2) is 17.8 Å². The molecular weight excluding hydrogens is 234 g/mol. The molecule has 0 saturated heterocycles. The predicted octanol–water partition coefficient (Wildman–Crippen LogP) is 4.40. The van der Waals surface area contributed by atoms with Crippen LogP contribution in [0.15, 0.2) is 0 Å². The SMILES string of the molecule is CCCCCCCC(O)C1(CN)CCCCCCC1. The Kier molecular flexibility index (Phi) is 8.72. The Morgan fingerprint density at radius 1 is 0.947 bits per heavy atom. The van der Waals surface area contributed by atoms with Gasteiger partial charge < -0.3 is 10.8 Å². The topological polar surface area (TPSA) is 46.2 Å². The van der Waals surface area contributed by atoms with Crippen molar-refractivity contribution < 1.29 is 5.11 Å². The van der Waals surface area contributed by atoms with Gasteiger partial charge in [-0.3, -0.25) is 0 Å². The molecule has 2 nitrogen and oxygen atoms in total. The molecule has 0 bridgehead atoms. The van der Waals surface area contributed by atoms with E-state index in [9.17, 15) is 5.11 Å². The molecule has 2 heteroatoms. The van der Waals surface area contributed by atoms with E-state index in [1.807, 2.05) is 0 Å². The fourth-order valence-corrected chi connectivity index (χ4v) is 3.53. The number of rotatable bonds is 8. The van der Waals surface area contributed by atoms with E-state index < -0.39 is 0 Å². The molecule has 114 valence electrons. The standard InChI is InChI=1S/C17H35NO/c1-2-3-4-6-9-12-16(19)17(15-18)13-10-7-5-8-11-14-17/h16,19H,2-15,18H2,1H3. The van der Waals surface area contributed by atoms with Gasteiger partial charge in [-0.05, 0) is 19.3 Å². The molecule has 0 spiro atoms. The van der Waals surface area contributed by atoms with E-state index in [1.165, 1.54) is 64.2 Å². The molecule has 0 aromatic rings. The molecule has 1 aliphatic carbocycles. The van der Waals surface area contributed by atoms with Gasteiger partial charge in [0.25, 0.3) is 0 Å². The van der Waals surface area contributed by atoms with Gasteiger partial charge in [-0.1, -0.05) is 71.1 Å². The lowest BCUT2D eigenvalue weighted by molar-refractivity contribution is 0.00294. The van der Waals surface area contributed by atoms with Gasteiger partial charge in [-0.25, -0.2) is 0 Å². The van der Waals surface area contributed by atoms with Crippen molar-refractivity contribution in [2.45, 2.75) is 96.5 Å². The first-order valence-electron chi connectivity index (χ1n) is 8.63. The van der Waals surface area contributed by atoms with Crippen molar-refractivity contribution in [3.8, 4) is 0 Å². The van der Waals surface area contributed by atoms with Gasteiger partial charge in [0, 0.05) is 12.0 Å². The number of nitrogens with two attached hydrogens (primary N) is 1. The highest BCUT2D eigenvalue weighted by Gasteiger charge is 2.35. The molecule has 3 N–H and O–H groups in total. The molecule has 1 fully saturated rings. The average molecular weight is 269 g/mol. The van der Waals surface area contributed by atoms with Crippen LogP contribution in [0.1, 0.15) is 90.4 Å². The molecule has 0 radical (unpaired) electrons. The summed E-state index contributed by atoms with van der Waals surface area (Å²) in [6, 6.07) is 0. The highest BCUT2D eigenvalue weighted by Crippen LogP contribution is 2.38. The fourth-order valence-electron chi connectivity index (χ4n) is 3.53. The summed E-state index contributed by atoms with van der Waals surface area (Å²) in [7, 11) is 0. The highest BCUT2D eigenvalue weighted by molar-refractivity contribution is 4.88. The van der Waals surface area contributed by atoms with Crippen molar-refractivity contribution in [2.75, 3.05) is 6.54 Å². The molecule has 1 atom stereocenters. The lowest BCUT2D eigenvalue weighted by Gasteiger charge is -2.39. The summed E-state index contributed by atoms with van der Waals surface area (Å²) in [5, 5.41) is 10.6. The quantitative estimate of drug-likeness (QED) is 0.642. The van der Waals surface area contributed by atoms with Crippen molar-refractivity contribution in [1.82, 2.24) is 0 Å². The first kappa shape index (κ1) is 17.0. The summed E-state index contributed by atoms with van der Waals surface area (Å²) < 4.78 is 0. The van der Waals surface area contributed by atoms with E-state index in [4.69, 9.17) is 5.73 Å². The van der Waals surface area contributed by atoms with E-state index in [0.29, 0.717) is 6.54 Å². The van der Waals surface area contributed by atoms with Crippen LogP contribution >= 0.6 is 0 Å². The van der Waals surface area contributed by atoms with Gasteiger partial charge >= 0.3 is 0 Å². The zero-order valence-electron chi connectivity index (χ0n) is 13.0. The second-order valence-corrected chi connectivity index (χ2v) is 6.55. The summed E-state index contributed by atoms with van der Waals surface area (Å²) >= 11 is 0. The zero-order valence-corrected chi connectivity index (χ0v) is 13.0. The lowest BCUT2D eigenvalue weighted by Crippen LogP contribution is -2.42. The first-order chi connectivity index (χ1) is 9.25. The Bertz CT molecular complexity index is 209. The van der Waals surface area contributed by atoms with Crippen molar-refractivity contribution in [1.29, 1.82) is 0 Å². The maximum atomic E-state index is 10.6. The van der Waals surface area contributed by atoms with E-state index in [2.05, 4.69) is 6.92 Å². The molecule has 19 heavy (non-hydrogen) atoms. The third kappa shape index (κ3) is 5.83. The Morgan fingerprint density at radius 3 is 2.11 bits per heavy atom. The highest BCUT2D eigenvalue weighted by atomic mass is 16.3. The minimum atomic E-state index is -0.169. The number of aliphatic hydroxyl groups excluding tert-OH is 1. The van der Waals surface area contributed by atoms with Crippen LogP contribution in [0.3, 0.4) is 0 Å². The van der Waals surface area contributed by atoms with Gasteiger partial charge in [0.05, 0.1) is 6.10 Å². The average Bonchev–Trinajstić information content (AvgIpc) is 2.39. The van der Waals surface area contributed by atoms with Gasteiger partial charge in [0.1, 0.15) is 0 Å². The maximum Gasteiger partial charge on any atom is 0.0608 e. The van der Waals surface area contributed by atoms with Gasteiger partial charge in [0.15, 0.2) is 0 Å². The van der Waals surface area contributed by atoms with Crippen molar-refractivity contribution >= 4 is 0 Å². The molecule has 0 heterocycles. The van der Waals surface area contributed by atoms with E-state index in [-0.39, 0.29) is 11.5 Å². The molecular formula is C17H35NO. The van der Waals surface area contributed by atoms with Crippen LogP contribution in [0.5, 0.6) is 0 Å². The predicted molar refractivity (Wildman–Crippen MR) is 83.2 cm³/mol. The Balaban J connectivity index is 2.37. The normalized spacial score (nSPS) is 21.6. The van der Waals surface area contributed by atoms with Crippen LogP contribution in [0.25, 0.3) is 0 Å². The van der Waals surface area contributed by atoms with Crippen molar-refractivity contribution in [3.05, 3.63) is 0 Å². The minimum absolute atomic E-state index is 0.0329. The van der Waals surface area contributed by atoms with Crippen LogP contribution in [0, 0.1) is 5.41 Å². The molecule has 1 aliphatic rings. The number of unbranched alkanes of at least 4 members (excludes halogenated alkanes) is 4. The van der Waals surface area contributed by atoms with Gasteiger partial charge in [-0.15, -0.1) is 0 Å². The Morgan fingerprint density at radius 2 is 1.53 bits per heavy atom. The van der Waals surface area contributed by atoms with Crippen molar-refractivity contribution in [2.24, 2.45) is 11.1 Å². The number of hydrogen-bond acceptors (Lipinski definition) is 2. The molecule has 0 aromatic heterocycles. The Hall–Kier alpha value is -0.0800. The molecule has 1 rings (SSSR count). The third-order valence-corrected chi connectivity index (χ3v) is 5.04. The van der Waals surface area contributed by atoms with Crippen LogP contribution < -0.4 is 5.73 Å². The summed E-state index contributed by atoms with van der Waals surface area (Å²) in [5.74, 6) is 0. The largest absolute Gasteiger partial charge is 0.393 e. The summed E-state index contributed by atoms with van der Waals surface area (Å²) in [6.07, 6.45) is 16.0. The van der Waals surface area contributed by atoms with Crippen LogP contribution in [0.4, 0.5) is 0 Å². The lowest BCUT2D eigenvalue weighted by atomic mass is 9.71. The van der Waals surface area contributed by atoms with E-state index in [0.717, 1.165) is 19.3 Å². The zero-order chi connectivity index (χ0) is 14.0. The molecule has 0 aromatic carbocycles. The van der Waals surface area contributed by atoms with Crippen LogP contribution in [0.2, 0.25) is 0 Å². The van der Waals surface area contributed by atoms with Gasteiger partial charge in [0.2, 0.25) is 0 Å². The number of aliphatic hydroxyl groups is 1. The fraction of sp³-hybridized carbons (Fsp3) is 1.00. The molecule has 1 unspecified atom stereocenters. The molecule has 0 aliphatic heterocycles. The Labute approximate surface area is 120 Å². The van der Waals surface area contributed by atoms with E-state index in [1.54, 1.807) is 0 Å². The number of hydrogen-bond donors (Lipinski definition) is 2. The maximum absolute atomic E-state index is 10.6. The smallest absolute Gasteiger partial charge is 0.0608 e. The second kappa shape index (κ2) is 9.77. The molecule has 1 saturated carbocycles.